The van der Waals surface area contributed by atoms with Gasteiger partial charge in [0.05, 0.1) is 0 Å². The Morgan fingerprint density at radius 3 is 2.39 bits per heavy atom. The molecule has 0 saturated heterocycles. The van der Waals surface area contributed by atoms with Gasteiger partial charge in [-0.05, 0) is 18.8 Å². The quantitative estimate of drug-likeness (QED) is 0.849. The molecular formula is C12H11BrF3NO. The fourth-order valence-electron chi connectivity index (χ4n) is 1.66. The normalized spacial score (nSPS) is 16.4. The maximum atomic E-state index is 13.3. The van der Waals surface area contributed by atoms with E-state index in [1.807, 2.05) is 0 Å². The van der Waals surface area contributed by atoms with Gasteiger partial charge in [0.15, 0.2) is 0 Å². The number of alkyl halides is 1. The standard InChI is InChI=1S/C12H11BrF3NO/c13-8(6-1-2-6)5-17-12(18)11-9(15)3-7(14)4-10(11)16/h3-4,6,8H,1-2,5H2,(H,17,18). The molecule has 1 N–H and O–H groups in total. The molecule has 0 spiro atoms. The van der Waals surface area contributed by atoms with Crippen LogP contribution >= 0.6 is 15.9 Å². The van der Waals surface area contributed by atoms with E-state index < -0.39 is 28.9 Å². The van der Waals surface area contributed by atoms with Crippen LogP contribution in [-0.2, 0) is 0 Å². The van der Waals surface area contributed by atoms with Crippen LogP contribution in [-0.4, -0.2) is 17.3 Å². The predicted molar refractivity (Wildman–Crippen MR) is 64.1 cm³/mol. The van der Waals surface area contributed by atoms with Crippen molar-refractivity contribution < 1.29 is 18.0 Å². The Bertz CT molecular complexity index is 453. The summed E-state index contributed by atoms with van der Waals surface area (Å²) in [5.74, 6) is -3.79. The molecule has 98 valence electrons. The second kappa shape index (κ2) is 5.30. The molecule has 0 aliphatic heterocycles. The highest BCUT2D eigenvalue weighted by molar-refractivity contribution is 9.09. The molecule has 1 aromatic rings. The van der Waals surface area contributed by atoms with E-state index in [4.69, 9.17) is 0 Å². The maximum Gasteiger partial charge on any atom is 0.257 e. The first kappa shape index (κ1) is 13.4. The number of benzene rings is 1. The monoisotopic (exact) mass is 321 g/mol. The zero-order valence-corrected chi connectivity index (χ0v) is 10.9. The van der Waals surface area contributed by atoms with E-state index in [9.17, 15) is 18.0 Å². The summed E-state index contributed by atoms with van der Waals surface area (Å²) in [5.41, 5.74) is -0.744. The van der Waals surface area contributed by atoms with Crippen molar-refractivity contribution in [3.8, 4) is 0 Å². The topological polar surface area (TPSA) is 29.1 Å². The van der Waals surface area contributed by atoms with E-state index in [0.717, 1.165) is 12.8 Å². The van der Waals surface area contributed by atoms with Crippen LogP contribution in [0.1, 0.15) is 23.2 Å². The minimum Gasteiger partial charge on any atom is -0.351 e. The molecule has 2 rings (SSSR count). The molecule has 1 aromatic carbocycles. The Labute approximate surface area is 111 Å². The number of amides is 1. The largest absolute Gasteiger partial charge is 0.351 e. The van der Waals surface area contributed by atoms with Gasteiger partial charge in [0, 0.05) is 23.5 Å². The maximum absolute atomic E-state index is 13.3. The molecule has 1 saturated carbocycles. The molecule has 0 heterocycles. The van der Waals surface area contributed by atoms with E-state index >= 15 is 0 Å². The van der Waals surface area contributed by atoms with E-state index in [2.05, 4.69) is 21.2 Å². The third-order valence-electron chi connectivity index (χ3n) is 2.83. The molecule has 6 heteroatoms. The molecule has 1 unspecified atom stereocenters. The number of hydrogen-bond donors (Lipinski definition) is 1. The van der Waals surface area contributed by atoms with Gasteiger partial charge in [-0.15, -0.1) is 0 Å². The summed E-state index contributed by atoms with van der Waals surface area (Å²) in [6, 6.07) is 0.981. The number of halogens is 4. The zero-order chi connectivity index (χ0) is 13.3. The fourth-order valence-corrected chi connectivity index (χ4v) is 2.35. The van der Waals surface area contributed by atoms with Crippen LogP contribution in [0, 0.1) is 23.4 Å². The minimum absolute atomic E-state index is 0.105. The molecular weight excluding hydrogens is 311 g/mol. The lowest BCUT2D eigenvalue weighted by atomic mass is 10.1. The second-order valence-electron chi connectivity index (χ2n) is 4.31. The predicted octanol–water partition coefficient (Wildman–Crippen LogP) is 3.01. The zero-order valence-electron chi connectivity index (χ0n) is 9.35. The Hall–Kier alpha value is -1.04. The molecule has 2 nitrogen and oxygen atoms in total. The highest BCUT2D eigenvalue weighted by atomic mass is 79.9. The van der Waals surface area contributed by atoms with E-state index in [1.165, 1.54) is 0 Å². The molecule has 1 aliphatic rings. The number of hydrogen-bond acceptors (Lipinski definition) is 1. The Morgan fingerprint density at radius 2 is 1.89 bits per heavy atom. The first-order valence-corrected chi connectivity index (χ1v) is 6.47. The van der Waals surface area contributed by atoms with Gasteiger partial charge in [0.1, 0.15) is 23.0 Å². The summed E-state index contributed by atoms with van der Waals surface area (Å²) in [7, 11) is 0. The second-order valence-corrected chi connectivity index (χ2v) is 5.48. The van der Waals surface area contributed by atoms with E-state index in [1.54, 1.807) is 0 Å². The molecule has 1 amide bonds. The molecule has 0 aromatic heterocycles. The lowest BCUT2D eigenvalue weighted by Crippen LogP contribution is -2.31. The first-order chi connectivity index (χ1) is 8.49. The summed E-state index contributed by atoms with van der Waals surface area (Å²) in [6.07, 6.45) is 2.18. The lowest BCUT2D eigenvalue weighted by molar-refractivity contribution is 0.0945. The van der Waals surface area contributed by atoms with Crippen molar-refractivity contribution in [1.82, 2.24) is 5.32 Å². The highest BCUT2D eigenvalue weighted by Gasteiger charge is 2.30. The van der Waals surface area contributed by atoms with Crippen LogP contribution < -0.4 is 5.32 Å². The highest BCUT2D eigenvalue weighted by Crippen LogP contribution is 2.36. The van der Waals surface area contributed by atoms with Crippen molar-refractivity contribution in [2.75, 3.05) is 6.54 Å². The molecule has 18 heavy (non-hydrogen) atoms. The molecule has 1 aliphatic carbocycles. The van der Waals surface area contributed by atoms with Gasteiger partial charge in [-0.25, -0.2) is 13.2 Å². The third-order valence-corrected chi connectivity index (χ3v) is 3.90. The first-order valence-electron chi connectivity index (χ1n) is 5.56. The molecule has 1 fully saturated rings. The van der Waals surface area contributed by atoms with Gasteiger partial charge in [0.2, 0.25) is 0 Å². The summed E-state index contributed by atoms with van der Waals surface area (Å²) in [5, 5.41) is 2.43. The van der Waals surface area contributed by atoms with Crippen molar-refractivity contribution in [3.05, 3.63) is 35.1 Å². The summed E-state index contributed by atoms with van der Waals surface area (Å²) >= 11 is 3.39. The van der Waals surface area contributed by atoms with Gasteiger partial charge in [-0.3, -0.25) is 4.79 Å². The molecule has 0 bridgehead atoms. The Morgan fingerprint density at radius 1 is 1.33 bits per heavy atom. The fraction of sp³-hybridized carbons (Fsp3) is 0.417. The van der Waals surface area contributed by atoms with Crippen LogP contribution in [0.5, 0.6) is 0 Å². The van der Waals surface area contributed by atoms with Gasteiger partial charge in [0.25, 0.3) is 5.91 Å². The van der Waals surface area contributed by atoms with Crippen molar-refractivity contribution >= 4 is 21.8 Å². The Kier molecular flexibility index (Phi) is 3.94. The van der Waals surface area contributed by atoms with Crippen LogP contribution in [0.4, 0.5) is 13.2 Å². The van der Waals surface area contributed by atoms with Crippen LogP contribution in [0.2, 0.25) is 0 Å². The smallest absolute Gasteiger partial charge is 0.257 e. The molecule has 0 radical (unpaired) electrons. The van der Waals surface area contributed by atoms with Crippen molar-refractivity contribution in [2.24, 2.45) is 5.92 Å². The van der Waals surface area contributed by atoms with Gasteiger partial charge < -0.3 is 5.32 Å². The van der Waals surface area contributed by atoms with Gasteiger partial charge in [-0.2, -0.15) is 0 Å². The number of rotatable bonds is 4. The third kappa shape index (κ3) is 3.04. The average molecular weight is 322 g/mol. The summed E-state index contributed by atoms with van der Waals surface area (Å²) < 4.78 is 39.3. The van der Waals surface area contributed by atoms with Crippen molar-refractivity contribution in [1.29, 1.82) is 0 Å². The van der Waals surface area contributed by atoms with Gasteiger partial charge >= 0.3 is 0 Å². The van der Waals surface area contributed by atoms with E-state index in [-0.39, 0.29) is 4.83 Å². The van der Waals surface area contributed by atoms with Crippen molar-refractivity contribution in [3.63, 3.8) is 0 Å². The van der Waals surface area contributed by atoms with Crippen LogP contribution in [0.15, 0.2) is 12.1 Å². The average Bonchev–Trinajstić information content (AvgIpc) is 3.07. The Balaban J connectivity index is 2.04. The van der Waals surface area contributed by atoms with Crippen LogP contribution in [0.3, 0.4) is 0 Å². The van der Waals surface area contributed by atoms with Crippen LogP contribution in [0.25, 0.3) is 0 Å². The summed E-state index contributed by atoms with van der Waals surface area (Å²) in [4.78, 5) is 11.7. The number of carbonyl (C=O) groups is 1. The summed E-state index contributed by atoms with van der Waals surface area (Å²) in [6.45, 7) is 0.291. The van der Waals surface area contributed by atoms with Gasteiger partial charge in [-0.1, -0.05) is 15.9 Å². The number of carbonyl (C=O) groups excluding carboxylic acids is 1. The number of nitrogens with one attached hydrogen (secondary N) is 1. The van der Waals surface area contributed by atoms with Crippen molar-refractivity contribution in [2.45, 2.75) is 17.7 Å². The molecule has 1 atom stereocenters. The SMILES string of the molecule is O=C(NCC(Br)C1CC1)c1c(F)cc(F)cc1F. The lowest BCUT2D eigenvalue weighted by Gasteiger charge is -2.11. The van der Waals surface area contributed by atoms with E-state index in [0.29, 0.717) is 24.6 Å². The minimum atomic E-state index is -1.19.